The molecule has 0 saturated heterocycles. The van der Waals surface area contributed by atoms with Crippen molar-refractivity contribution in [1.29, 1.82) is 0 Å². The van der Waals surface area contributed by atoms with E-state index in [2.05, 4.69) is 5.32 Å². The van der Waals surface area contributed by atoms with Gasteiger partial charge in [-0.2, -0.15) is 0 Å². The normalized spacial score (nSPS) is 13.9. The fourth-order valence-electron chi connectivity index (χ4n) is 1.96. The Balaban J connectivity index is 2.70. The van der Waals surface area contributed by atoms with Gasteiger partial charge in [0.2, 0.25) is 5.91 Å². The number of carbonyl (C=O) groups is 1. The van der Waals surface area contributed by atoms with Crippen LogP contribution < -0.4 is 16.0 Å². The Hall–Kier alpha value is -1.62. The lowest BCUT2D eigenvalue weighted by Gasteiger charge is -2.30. The molecule has 0 radical (unpaired) electrons. The van der Waals surface area contributed by atoms with Crippen molar-refractivity contribution in [2.45, 2.75) is 25.8 Å². The highest BCUT2D eigenvalue weighted by Crippen LogP contribution is 2.19. The number of hydrogen-bond acceptors (Lipinski definition) is 3. The SMILES string of the molecule is CCNC(C)(CCN(C)c1ccccc1F)C(N)=O. The third kappa shape index (κ3) is 3.92. The molecule has 1 rings (SSSR count). The molecular formula is C14H22FN3O. The molecule has 5 heteroatoms. The Morgan fingerprint density at radius 2 is 2.11 bits per heavy atom. The summed E-state index contributed by atoms with van der Waals surface area (Å²) in [4.78, 5) is 13.3. The van der Waals surface area contributed by atoms with Crippen LogP contribution in [0.3, 0.4) is 0 Å². The van der Waals surface area contributed by atoms with Crippen LogP contribution in [0.15, 0.2) is 24.3 Å². The summed E-state index contributed by atoms with van der Waals surface area (Å²) in [6.07, 6.45) is 0.515. The minimum Gasteiger partial charge on any atom is -0.372 e. The number of nitrogens with zero attached hydrogens (tertiary/aromatic N) is 1. The van der Waals surface area contributed by atoms with Crippen LogP contribution in [0.25, 0.3) is 0 Å². The third-order valence-corrected chi connectivity index (χ3v) is 3.32. The minimum absolute atomic E-state index is 0.269. The van der Waals surface area contributed by atoms with Crippen molar-refractivity contribution >= 4 is 11.6 Å². The number of amides is 1. The molecule has 4 nitrogen and oxygen atoms in total. The summed E-state index contributed by atoms with van der Waals surface area (Å²) < 4.78 is 13.6. The van der Waals surface area contributed by atoms with Crippen LogP contribution in [0.2, 0.25) is 0 Å². The zero-order valence-electron chi connectivity index (χ0n) is 11.7. The van der Waals surface area contributed by atoms with E-state index in [4.69, 9.17) is 5.73 Å². The number of primary amides is 1. The summed E-state index contributed by atoms with van der Waals surface area (Å²) in [5.74, 6) is -0.662. The fourth-order valence-corrected chi connectivity index (χ4v) is 1.96. The van der Waals surface area contributed by atoms with E-state index in [1.165, 1.54) is 6.07 Å². The molecule has 3 N–H and O–H groups in total. The lowest BCUT2D eigenvalue weighted by molar-refractivity contribution is -0.123. The van der Waals surface area contributed by atoms with E-state index in [0.29, 0.717) is 25.2 Å². The molecule has 0 saturated carbocycles. The number of likely N-dealkylation sites (N-methyl/N-ethyl adjacent to an activating group) is 1. The Morgan fingerprint density at radius 1 is 1.47 bits per heavy atom. The van der Waals surface area contributed by atoms with E-state index in [-0.39, 0.29) is 5.82 Å². The highest BCUT2D eigenvalue weighted by Gasteiger charge is 2.29. The van der Waals surface area contributed by atoms with Crippen LogP contribution in [0.5, 0.6) is 0 Å². The molecule has 1 aromatic rings. The van der Waals surface area contributed by atoms with Crippen molar-refractivity contribution in [3.63, 3.8) is 0 Å². The summed E-state index contributed by atoms with van der Waals surface area (Å²) in [6, 6.07) is 6.57. The zero-order chi connectivity index (χ0) is 14.5. The summed E-state index contributed by atoms with van der Waals surface area (Å²) >= 11 is 0. The van der Waals surface area contributed by atoms with Gasteiger partial charge in [0.25, 0.3) is 0 Å². The van der Waals surface area contributed by atoms with Gasteiger partial charge in [0.1, 0.15) is 5.82 Å². The molecule has 0 fully saturated rings. The lowest BCUT2D eigenvalue weighted by Crippen LogP contribution is -2.54. The van der Waals surface area contributed by atoms with Crippen molar-refractivity contribution in [2.75, 3.05) is 25.0 Å². The van der Waals surface area contributed by atoms with Crippen LogP contribution >= 0.6 is 0 Å². The molecule has 0 aliphatic heterocycles. The van der Waals surface area contributed by atoms with Crippen molar-refractivity contribution in [3.05, 3.63) is 30.1 Å². The number of benzene rings is 1. The van der Waals surface area contributed by atoms with E-state index in [9.17, 15) is 9.18 Å². The van der Waals surface area contributed by atoms with Crippen LogP contribution in [-0.4, -0.2) is 31.6 Å². The standard InChI is InChI=1S/C14H22FN3O/c1-4-17-14(2,13(16)19)9-10-18(3)12-8-6-5-7-11(12)15/h5-8,17H,4,9-10H2,1-3H3,(H2,16,19). The Labute approximate surface area is 113 Å². The van der Waals surface area contributed by atoms with Gasteiger partial charge in [0.05, 0.1) is 11.2 Å². The molecule has 1 aromatic carbocycles. The van der Waals surface area contributed by atoms with Crippen molar-refractivity contribution in [2.24, 2.45) is 5.73 Å². The molecular weight excluding hydrogens is 245 g/mol. The minimum atomic E-state index is -0.770. The molecule has 0 aliphatic carbocycles. The molecule has 0 spiro atoms. The number of nitrogens with two attached hydrogens (primary N) is 1. The molecule has 0 heterocycles. The first kappa shape index (κ1) is 15.4. The lowest BCUT2D eigenvalue weighted by atomic mass is 9.96. The maximum absolute atomic E-state index is 13.6. The van der Waals surface area contributed by atoms with E-state index >= 15 is 0 Å². The van der Waals surface area contributed by atoms with Gasteiger partial charge in [-0.05, 0) is 32.0 Å². The van der Waals surface area contributed by atoms with E-state index < -0.39 is 11.4 Å². The largest absolute Gasteiger partial charge is 0.372 e. The predicted molar refractivity (Wildman–Crippen MR) is 75.6 cm³/mol. The Kier molecular flexibility index (Phi) is 5.30. The van der Waals surface area contributed by atoms with E-state index in [0.717, 1.165) is 0 Å². The van der Waals surface area contributed by atoms with Gasteiger partial charge in [0, 0.05) is 13.6 Å². The second-order valence-electron chi connectivity index (χ2n) is 4.85. The predicted octanol–water partition coefficient (Wildman–Crippen LogP) is 1.51. The topological polar surface area (TPSA) is 58.4 Å². The monoisotopic (exact) mass is 267 g/mol. The molecule has 1 unspecified atom stereocenters. The zero-order valence-corrected chi connectivity index (χ0v) is 11.7. The number of rotatable bonds is 7. The van der Waals surface area contributed by atoms with Gasteiger partial charge >= 0.3 is 0 Å². The van der Waals surface area contributed by atoms with Crippen molar-refractivity contribution in [3.8, 4) is 0 Å². The number of para-hydroxylation sites is 1. The first-order valence-electron chi connectivity index (χ1n) is 6.41. The highest BCUT2D eigenvalue weighted by atomic mass is 19.1. The second kappa shape index (κ2) is 6.52. The highest BCUT2D eigenvalue weighted by molar-refractivity contribution is 5.84. The number of nitrogens with one attached hydrogen (secondary N) is 1. The van der Waals surface area contributed by atoms with Gasteiger partial charge in [0.15, 0.2) is 0 Å². The van der Waals surface area contributed by atoms with Gasteiger partial charge in [-0.3, -0.25) is 4.79 Å². The molecule has 19 heavy (non-hydrogen) atoms. The molecule has 0 aliphatic rings. The number of anilines is 1. The van der Waals surface area contributed by atoms with E-state index in [1.807, 2.05) is 6.92 Å². The van der Waals surface area contributed by atoms with Crippen LogP contribution in [0.1, 0.15) is 20.3 Å². The summed E-state index contributed by atoms with van der Waals surface area (Å²) in [5.41, 5.74) is 5.17. The summed E-state index contributed by atoms with van der Waals surface area (Å²) in [6.45, 7) is 4.88. The van der Waals surface area contributed by atoms with Gasteiger partial charge in [-0.15, -0.1) is 0 Å². The maximum Gasteiger partial charge on any atom is 0.237 e. The first-order valence-corrected chi connectivity index (χ1v) is 6.41. The average molecular weight is 267 g/mol. The molecule has 1 amide bonds. The first-order chi connectivity index (χ1) is 8.90. The van der Waals surface area contributed by atoms with E-state index in [1.54, 1.807) is 37.1 Å². The third-order valence-electron chi connectivity index (χ3n) is 3.32. The summed E-state index contributed by atoms with van der Waals surface area (Å²) in [7, 11) is 1.80. The second-order valence-corrected chi connectivity index (χ2v) is 4.85. The van der Waals surface area contributed by atoms with Gasteiger partial charge in [-0.1, -0.05) is 19.1 Å². The number of hydrogen-bond donors (Lipinski definition) is 2. The average Bonchev–Trinajstić information content (AvgIpc) is 2.36. The quantitative estimate of drug-likeness (QED) is 0.787. The van der Waals surface area contributed by atoms with Gasteiger partial charge in [-0.25, -0.2) is 4.39 Å². The Bertz CT molecular complexity index is 438. The summed E-state index contributed by atoms with van der Waals surface area (Å²) in [5, 5.41) is 3.08. The molecule has 106 valence electrons. The smallest absolute Gasteiger partial charge is 0.237 e. The molecule has 1 atom stereocenters. The maximum atomic E-state index is 13.6. The van der Waals surface area contributed by atoms with Crippen molar-refractivity contribution in [1.82, 2.24) is 5.32 Å². The number of carbonyl (C=O) groups excluding carboxylic acids is 1. The molecule has 0 bridgehead atoms. The molecule has 0 aromatic heterocycles. The number of halogens is 1. The van der Waals surface area contributed by atoms with Crippen molar-refractivity contribution < 1.29 is 9.18 Å². The fraction of sp³-hybridized carbons (Fsp3) is 0.500. The van der Waals surface area contributed by atoms with Crippen LogP contribution in [0, 0.1) is 5.82 Å². The van der Waals surface area contributed by atoms with Crippen LogP contribution in [-0.2, 0) is 4.79 Å². The van der Waals surface area contributed by atoms with Crippen LogP contribution in [0.4, 0.5) is 10.1 Å². The van der Waals surface area contributed by atoms with Gasteiger partial charge < -0.3 is 16.0 Å². The Morgan fingerprint density at radius 3 is 2.63 bits per heavy atom.